The molecule has 0 radical (unpaired) electrons. The largest absolute Gasteiger partial charge is 0.297 e. The van der Waals surface area contributed by atoms with Crippen molar-refractivity contribution in [3.8, 4) is 0 Å². The van der Waals surface area contributed by atoms with E-state index in [0.717, 1.165) is 36.8 Å². The van der Waals surface area contributed by atoms with Crippen molar-refractivity contribution in [3.63, 3.8) is 0 Å². The third-order valence-electron chi connectivity index (χ3n) is 4.62. The van der Waals surface area contributed by atoms with E-state index in [9.17, 15) is 4.79 Å². The van der Waals surface area contributed by atoms with Gasteiger partial charge in [-0.3, -0.25) is 9.69 Å². The van der Waals surface area contributed by atoms with E-state index >= 15 is 0 Å². The summed E-state index contributed by atoms with van der Waals surface area (Å²) < 4.78 is 0. The summed E-state index contributed by atoms with van der Waals surface area (Å²) in [7, 11) is 4.06. The first-order valence-corrected chi connectivity index (χ1v) is 7.79. The summed E-state index contributed by atoms with van der Waals surface area (Å²) >= 11 is 6.27. The fourth-order valence-corrected chi connectivity index (χ4v) is 3.55. The van der Waals surface area contributed by atoms with Crippen molar-refractivity contribution < 1.29 is 4.79 Å². The van der Waals surface area contributed by atoms with E-state index in [-0.39, 0.29) is 5.54 Å². The molecule has 0 heterocycles. The van der Waals surface area contributed by atoms with E-state index in [4.69, 9.17) is 11.6 Å². The second-order valence-electron chi connectivity index (χ2n) is 6.18. The normalized spacial score (nSPS) is 18.2. The van der Waals surface area contributed by atoms with Gasteiger partial charge in [-0.2, -0.15) is 0 Å². The first kappa shape index (κ1) is 15.5. The molecule has 0 spiro atoms. The number of carbonyl (C=O) groups excluding carboxylic acids is 1. The summed E-state index contributed by atoms with van der Waals surface area (Å²) in [5.41, 5.74) is 1.80. The van der Waals surface area contributed by atoms with Gasteiger partial charge in [0.15, 0.2) is 5.78 Å². The van der Waals surface area contributed by atoms with Crippen molar-refractivity contribution in [3.05, 3.63) is 34.3 Å². The van der Waals surface area contributed by atoms with Gasteiger partial charge < -0.3 is 0 Å². The Morgan fingerprint density at radius 3 is 2.45 bits per heavy atom. The van der Waals surface area contributed by atoms with Crippen LogP contribution in [0.4, 0.5) is 0 Å². The minimum absolute atomic E-state index is 0.285. The summed E-state index contributed by atoms with van der Waals surface area (Å²) in [5.74, 6) is 0.313. The molecule has 1 saturated carbocycles. The Hall–Kier alpha value is -0.860. The molecule has 1 aliphatic carbocycles. The van der Waals surface area contributed by atoms with Crippen LogP contribution in [0.2, 0.25) is 5.02 Å². The average Bonchev–Trinajstić information content (AvgIpc) is 2.42. The zero-order chi connectivity index (χ0) is 14.8. The van der Waals surface area contributed by atoms with E-state index in [1.165, 1.54) is 6.42 Å². The molecule has 0 atom stereocenters. The number of nitrogens with zero attached hydrogens (tertiary/aromatic N) is 1. The highest BCUT2D eigenvalue weighted by Crippen LogP contribution is 2.34. The highest BCUT2D eigenvalue weighted by Gasteiger charge is 2.40. The lowest BCUT2D eigenvalue weighted by molar-refractivity contribution is -0.131. The second kappa shape index (κ2) is 6.28. The molecule has 2 rings (SSSR count). The molecule has 0 bridgehead atoms. The lowest BCUT2D eigenvalue weighted by atomic mass is 9.76. The Bertz CT molecular complexity index is 490. The number of benzene rings is 1. The number of likely N-dealkylation sites (N-methyl/N-ethyl adjacent to an activating group) is 1. The van der Waals surface area contributed by atoms with Crippen molar-refractivity contribution in [2.45, 2.75) is 51.0 Å². The van der Waals surface area contributed by atoms with Crippen LogP contribution in [0.25, 0.3) is 0 Å². The molecule has 0 unspecified atom stereocenters. The van der Waals surface area contributed by atoms with E-state index in [0.29, 0.717) is 17.2 Å². The first-order chi connectivity index (χ1) is 9.45. The van der Waals surface area contributed by atoms with Gasteiger partial charge >= 0.3 is 0 Å². The number of aryl methyl sites for hydroxylation is 1. The summed E-state index contributed by atoms with van der Waals surface area (Å²) in [6.07, 6.45) is 5.92. The Morgan fingerprint density at radius 2 is 1.90 bits per heavy atom. The fraction of sp³-hybridized carbons (Fsp3) is 0.588. The zero-order valence-electron chi connectivity index (χ0n) is 12.7. The molecule has 1 fully saturated rings. The van der Waals surface area contributed by atoms with Crippen LogP contribution in [-0.2, 0) is 11.2 Å². The number of hydrogen-bond acceptors (Lipinski definition) is 2. The Kier molecular flexibility index (Phi) is 4.87. The van der Waals surface area contributed by atoms with E-state index in [1.807, 2.05) is 39.2 Å². The minimum Gasteiger partial charge on any atom is -0.297 e. The summed E-state index contributed by atoms with van der Waals surface area (Å²) in [6.45, 7) is 2.01. The Morgan fingerprint density at radius 1 is 1.25 bits per heavy atom. The van der Waals surface area contributed by atoms with Crippen LogP contribution in [0.15, 0.2) is 18.2 Å². The van der Waals surface area contributed by atoms with Crippen LogP contribution in [0.1, 0.15) is 43.2 Å². The van der Waals surface area contributed by atoms with Gasteiger partial charge in [0, 0.05) is 11.4 Å². The molecule has 20 heavy (non-hydrogen) atoms. The molecule has 0 amide bonds. The number of carbonyl (C=O) groups is 1. The van der Waals surface area contributed by atoms with Crippen LogP contribution >= 0.6 is 11.6 Å². The second-order valence-corrected chi connectivity index (χ2v) is 6.59. The molecule has 1 aromatic carbocycles. The molecule has 2 nitrogen and oxygen atoms in total. The first-order valence-electron chi connectivity index (χ1n) is 7.41. The highest BCUT2D eigenvalue weighted by molar-refractivity contribution is 6.31. The topological polar surface area (TPSA) is 20.3 Å². The van der Waals surface area contributed by atoms with Gasteiger partial charge in [0.05, 0.1) is 5.54 Å². The molecule has 0 N–H and O–H groups in total. The average molecular weight is 294 g/mol. The van der Waals surface area contributed by atoms with Gasteiger partial charge in [-0.15, -0.1) is 0 Å². The lowest BCUT2D eigenvalue weighted by Gasteiger charge is -2.41. The lowest BCUT2D eigenvalue weighted by Crippen LogP contribution is -2.53. The fourth-order valence-electron chi connectivity index (χ4n) is 3.25. The van der Waals surface area contributed by atoms with Gasteiger partial charge in [0.2, 0.25) is 0 Å². The third kappa shape index (κ3) is 3.07. The van der Waals surface area contributed by atoms with Crippen LogP contribution in [0, 0.1) is 6.92 Å². The standard InChI is InChI=1S/C17H24ClNO/c1-13-7-8-14(15(18)11-13)12-16(20)17(19(2)3)9-5-4-6-10-17/h7-8,11H,4-6,9-10,12H2,1-3H3. The van der Waals surface area contributed by atoms with Gasteiger partial charge in [-0.05, 0) is 51.1 Å². The van der Waals surface area contributed by atoms with E-state index < -0.39 is 0 Å². The predicted octanol–water partition coefficient (Wildman–Crippen LogP) is 4.02. The number of Topliss-reactive ketones (excluding diaryl/α,β-unsaturated/α-hetero) is 1. The molecular weight excluding hydrogens is 270 g/mol. The van der Waals surface area contributed by atoms with Crippen LogP contribution in [-0.4, -0.2) is 30.3 Å². The van der Waals surface area contributed by atoms with Gasteiger partial charge in [-0.25, -0.2) is 0 Å². The molecule has 0 saturated heterocycles. The van der Waals surface area contributed by atoms with E-state index in [1.54, 1.807) is 0 Å². The maximum absolute atomic E-state index is 12.9. The molecule has 3 heteroatoms. The number of rotatable bonds is 4. The molecule has 110 valence electrons. The highest BCUT2D eigenvalue weighted by atomic mass is 35.5. The quantitative estimate of drug-likeness (QED) is 0.835. The van der Waals surface area contributed by atoms with Crippen LogP contribution in [0.3, 0.4) is 0 Å². The SMILES string of the molecule is Cc1ccc(CC(=O)C2(N(C)C)CCCCC2)c(Cl)c1. The summed E-state index contributed by atoms with van der Waals surface area (Å²) in [4.78, 5) is 15.0. The van der Waals surface area contributed by atoms with Crippen LogP contribution in [0.5, 0.6) is 0 Å². The van der Waals surface area contributed by atoms with Crippen molar-refractivity contribution in [2.75, 3.05) is 14.1 Å². The number of hydrogen-bond donors (Lipinski definition) is 0. The van der Waals surface area contributed by atoms with Crippen LogP contribution < -0.4 is 0 Å². The smallest absolute Gasteiger partial charge is 0.157 e. The minimum atomic E-state index is -0.285. The van der Waals surface area contributed by atoms with Gasteiger partial charge in [0.1, 0.15) is 0 Å². The van der Waals surface area contributed by atoms with Crippen molar-refractivity contribution in [1.29, 1.82) is 0 Å². The maximum Gasteiger partial charge on any atom is 0.157 e. The number of halogens is 1. The predicted molar refractivity (Wildman–Crippen MR) is 84.4 cm³/mol. The molecule has 0 aromatic heterocycles. The monoisotopic (exact) mass is 293 g/mol. The van der Waals surface area contributed by atoms with Gasteiger partial charge in [0.25, 0.3) is 0 Å². The number of ketones is 1. The van der Waals surface area contributed by atoms with E-state index in [2.05, 4.69) is 4.90 Å². The zero-order valence-corrected chi connectivity index (χ0v) is 13.5. The molecule has 1 aromatic rings. The van der Waals surface area contributed by atoms with Crippen molar-refractivity contribution in [2.24, 2.45) is 0 Å². The maximum atomic E-state index is 12.9. The van der Waals surface area contributed by atoms with Crippen molar-refractivity contribution >= 4 is 17.4 Å². The molecule has 0 aliphatic heterocycles. The molecule has 1 aliphatic rings. The Labute approximate surface area is 127 Å². The molecular formula is C17H24ClNO. The Balaban J connectivity index is 2.20. The summed E-state index contributed by atoms with van der Waals surface area (Å²) in [6, 6.07) is 5.95. The third-order valence-corrected chi connectivity index (χ3v) is 4.97. The van der Waals surface area contributed by atoms with Crippen molar-refractivity contribution in [1.82, 2.24) is 4.90 Å². The summed E-state index contributed by atoms with van der Waals surface area (Å²) in [5, 5.41) is 0.711. The van der Waals surface area contributed by atoms with Gasteiger partial charge in [-0.1, -0.05) is 43.0 Å².